The highest BCUT2D eigenvalue weighted by Gasteiger charge is 2.39. The number of fused-ring (bicyclic) bond motifs is 2. The highest BCUT2D eigenvalue weighted by atomic mass is 35.5. The Balaban J connectivity index is 1.46. The monoisotopic (exact) mass is 339 g/mol. The molecule has 2 fully saturated rings. The van der Waals surface area contributed by atoms with Gasteiger partial charge in [-0.1, -0.05) is 11.6 Å². The first kappa shape index (κ1) is 13.7. The Hall–Kier alpha value is -0.950. The SMILES string of the molecule is O=C(N[C@@H]1C[C@H]2CC[C@@H]1N2)c1ccc(-c2ncc(Cl)s2)s1. The van der Waals surface area contributed by atoms with Gasteiger partial charge >= 0.3 is 0 Å². The van der Waals surface area contributed by atoms with Gasteiger partial charge < -0.3 is 10.6 Å². The summed E-state index contributed by atoms with van der Waals surface area (Å²) in [6, 6.07) is 5.13. The molecule has 21 heavy (non-hydrogen) atoms. The van der Waals surface area contributed by atoms with Crippen molar-refractivity contribution < 1.29 is 4.79 Å². The van der Waals surface area contributed by atoms with Crippen molar-refractivity contribution in [2.45, 2.75) is 37.4 Å². The van der Waals surface area contributed by atoms with Crippen LogP contribution in [0.3, 0.4) is 0 Å². The van der Waals surface area contributed by atoms with Crippen LogP contribution in [0.15, 0.2) is 18.3 Å². The molecule has 7 heteroatoms. The topological polar surface area (TPSA) is 54.0 Å². The zero-order valence-corrected chi connectivity index (χ0v) is 13.5. The highest BCUT2D eigenvalue weighted by molar-refractivity contribution is 7.24. The van der Waals surface area contributed by atoms with Gasteiger partial charge in [-0.3, -0.25) is 4.79 Å². The van der Waals surface area contributed by atoms with Gasteiger partial charge in [0.15, 0.2) is 0 Å². The van der Waals surface area contributed by atoms with E-state index in [0.717, 1.165) is 21.2 Å². The molecule has 2 saturated heterocycles. The molecule has 2 N–H and O–H groups in total. The van der Waals surface area contributed by atoms with Crippen molar-refractivity contribution in [1.82, 2.24) is 15.6 Å². The molecule has 2 aromatic rings. The predicted octanol–water partition coefficient (Wildman–Crippen LogP) is 3.15. The average Bonchev–Trinajstić information content (AvgIpc) is 3.22. The number of nitrogens with one attached hydrogen (secondary N) is 2. The minimum absolute atomic E-state index is 0.0215. The Bertz CT molecular complexity index is 683. The second-order valence-corrected chi connectivity index (χ2v) is 8.24. The largest absolute Gasteiger partial charge is 0.347 e. The van der Waals surface area contributed by atoms with E-state index >= 15 is 0 Å². The van der Waals surface area contributed by atoms with Crippen LogP contribution in [0.2, 0.25) is 4.34 Å². The first-order valence-electron chi connectivity index (χ1n) is 6.97. The van der Waals surface area contributed by atoms with E-state index < -0.39 is 0 Å². The molecule has 3 atom stereocenters. The maximum Gasteiger partial charge on any atom is 0.261 e. The van der Waals surface area contributed by atoms with Gasteiger partial charge in [-0.25, -0.2) is 4.98 Å². The molecule has 2 aromatic heterocycles. The summed E-state index contributed by atoms with van der Waals surface area (Å²) in [6.45, 7) is 0. The van der Waals surface area contributed by atoms with Crippen molar-refractivity contribution in [3.63, 3.8) is 0 Å². The number of rotatable bonds is 3. The number of hydrogen-bond acceptors (Lipinski definition) is 5. The Kier molecular flexibility index (Phi) is 3.49. The second kappa shape index (κ2) is 5.35. The fourth-order valence-electron chi connectivity index (χ4n) is 3.17. The summed E-state index contributed by atoms with van der Waals surface area (Å²) in [6.07, 6.45) is 5.10. The zero-order valence-electron chi connectivity index (χ0n) is 11.1. The van der Waals surface area contributed by atoms with E-state index in [1.54, 1.807) is 6.20 Å². The van der Waals surface area contributed by atoms with Crippen molar-refractivity contribution in [2.24, 2.45) is 0 Å². The van der Waals surface area contributed by atoms with Gasteiger partial charge in [0.1, 0.15) is 9.34 Å². The molecule has 1 amide bonds. The Labute approximate surface area is 135 Å². The minimum Gasteiger partial charge on any atom is -0.347 e. The summed E-state index contributed by atoms with van der Waals surface area (Å²) in [7, 11) is 0. The number of halogens is 1. The summed E-state index contributed by atoms with van der Waals surface area (Å²) < 4.78 is 0.664. The van der Waals surface area contributed by atoms with E-state index in [1.165, 1.54) is 35.5 Å². The number of carbonyl (C=O) groups is 1. The van der Waals surface area contributed by atoms with Crippen LogP contribution in [-0.4, -0.2) is 29.0 Å². The molecular formula is C14H14ClN3OS2. The molecule has 2 bridgehead atoms. The van der Waals surface area contributed by atoms with E-state index in [9.17, 15) is 4.79 Å². The van der Waals surface area contributed by atoms with Crippen molar-refractivity contribution in [3.8, 4) is 9.88 Å². The van der Waals surface area contributed by atoms with Crippen LogP contribution in [-0.2, 0) is 0 Å². The maximum atomic E-state index is 12.4. The maximum absolute atomic E-state index is 12.4. The third-order valence-corrected chi connectivity index (χ3v) is 6.50. The van der Waals surface area contributed by atoms with Crippen LogP contribution in [0.4, 0.5) is 0 Å². The van der Waals surface area contributed by atoms with Gasteiger partial charge in [0.05, 0.1) is 16.0 Å². The highest BCUT2D eigenvalue weighted by Crippen LogP contribution is 2.33. The molecule has 2 aliphatic heterocycles. The van der Waals surface area contributed by atoms with Crippen LogP contribution < -0.4 is 10.6 Å². The zero-order chi connectivity index (χ0) is 14.4. The quantitative estimate of drug-likeness (QED) is 0.903. The van der Waals surface area contributed by atoms with E-state index in [4.69, 9.17) is 11.6 Å². The standard InChI is InChI=1S/C14H14ClN3OS2/c15-12-6-16-14(21-12)11-4-3-10(20-11)13(19)18-9-5-7-1-2-8(9)17-7/h3-4,6-9,17H,1-2,5H2,(H,18,19)/t7-,8+,9-/m1/s1. The Morgan fingerprint density at radius 1 is 1.38 bits per heavy atom. The van der Waals surface area contributed by atoms with Crippen molar-refractivity contribution in [3.05, 3.63) is 27.5 Å². The summed E-state index contributed by atoms with van der Waals surface area (Å²) in [4.78, 5) is 18.3. The predicted molar refractivity (Wildman–Crippen MR) is 86.3 cm³/mol. The first-order valence-corrected chi connectivity index (χ1v) is 8.98. The average molecular weight is 340 g/mol. The van der Waals surface area contributed by atoms with Crippen molar-refractivity contribution in [2.75, 3.05) is 0 Å². The smallest absolute Gasteiger partial charge is 0.261 e. The lowest BCUT2D eigenvalue weighted by Gasteiger charge is -2.20. The minimum atomic E-state index is 0.0215. The summed E-state index contributed by atoms with van der Waals surface area (Å²) >= 11 is 8.80. The second-order valence-electron chi connectivity index (χ2n) is 5.50. The van der Waals surface area contributed by atoms with Crippen LogP contribution in [0.1, 0.15) is 28.9 Å². The van der Waals surface area contributed by atoms with Crippen LogP contribution >= 0.6 is 34.3 Å². The van der Waals surface area contributed by atoms with E-state index in [2.05, 4.69) is 15.6 Å². The normalized spacial score (nSPS) is 27.2. The molecule has 0 spiro atoms. The Morgan fingerprint density at radius 3 is 2.95 bits per heavy atom. The molecule has 4 nitrogen and oxygen atoms in total. The van der Waals surface area contributed by atoms with E-state index in [1.807, 2.05) is 12.1 Å². The van der Waals surface area contributed by atoms with E-state index in [-0.39, 0.29) is 11.9 Å². The molecule has 0 radical (unpaired) electrons. The number of amides is 1. The van der Waals surface area contributed by atoms with Gasteiger partial charge in [0, 0.05) is 18.1 Å². The van der Waals surface area contributed by atoms with Gasteiger partial charge in [-0.15, -0.1) is 22.7 Å². The number of nitrogens with zero attached hydrogens (tertiary/aromatic N) is 1. The Morgan fingerprint density at radius 2 is 2.29 bits per heavy atom. The van der Waals surface area contributed by atoms with Crippen molar-refractivity contribution in [1.29, 1.82) is 0 Å². The van der Waals surface area contributed by atoms with Crippen molar-refractivity contribution >= 4 is 40.2 Å². The lowest BCUT2D eigenvalue weighted by molar-refractivity contribution is 0.0935. The molecule has 4 rings (SSSR count). The van der Waals surface area contributed by atoms with Crippen LogP contribution in [0, 0.1) is 0 Å². The number of carbonyl (C=O) groups excluding carboxylic acids is 1. The summed E-state index contributed by atoms with van der Waals surface area (Å²) in [5.41, 5.74) is 0. The number of thiophene rings is 1. The van der Waals surface area contributed by atoms with Gasteiger partial charge in [0.2, 0.25) is 0 Å². The van der Waals surface area contributed by atoms with Gasteiger partial charge in [-0.2, -0.15) is 0 Å². The lowest BCUT2D eigenvalue weighted by Crippen LogP contribution is -2.42. The molecule has 2 aliphatic rings. The molecular weight excluding hydrogens is 326 g/mol. The molecule has 0 unspecified atom stereocenters. The van der Waals surface area contributed by atoms with E-state index in [0.29, 0.717) is 16.4 Å². The summed E-state index contributed by atoms with van der Waals surface area (Å²) in [5, 5.41) is 7.56. The van der Waals surface area contributed by atoms with Crippen LogP contribution in [0.5, 0.6) is 0 Å². The third-order valence-electron chi connectivity index (χ3n) is 4.13. The lowest BCUT2D eigenvalue weighted by atomic mass is 9.95. The molecule has 0 saturated carbocycles. The molecule has 110 valence electrons. The fourth-order valence-corrected chi connectivity index (χ4v) is 5.05. The molecule has 0 aromatic carbocycles. The molecule has 4 heterocycles. The number of aromatic nitrogens is 1. The molecule has 0 aliphatic carbocycles. The first-order chi connectivity index (χ1) is 10.2. The number of hydrogen-bond donors (Lipinski definition) is 2. The third kappa shape index (κ3) is 2.61. The van der Waals surface area contributed by atoms with Crippen LogP contribution in [0.25, 0.3) is 9.88 Å². The van der Waals surface area contributed by atoms with Gasteiger partial charge in [-0.05, 0) is 31.4 Å². The van der Waals surface area contributed by atoms with Gasteiger partial charge in [0.25, 0.3) is 5.91 Å². The fraction of sp³-hybridized carbons (Fsp3) is 0.429. The summed E-state index contributed by atoms with van der Waals surface area (Å²) in [5.74, 6) is 0.0215. The number of thiazole rings is 1.